The second-order valence-corrected chi connectivity index (χ2v) is 4.75. The molecule has 0 saturated heterocycles. The van der Waals surface area contributed by atoms with Gasteiger partial charge in [0.05, 0.1) is 25.0 Å². The van der Waals surface area contributed by atoms with Gasteiger partial charge in [0.15, 0.2) is 6.54 Å². The number of nitrogens with zero attached hydrogens (tertiary/aromatic N) is 2. The van der Waals surface area contributed by atoms with Gasteiger partial charge in [-0.1, -0.05) is 0 Å². The number of aromatic nitrogens is 2. The van der Waals surface area contributed by atoms with Crippen molar-refractivity contribution in [2.75, 3.05) is 29.5 Å². The van der Waals surface area contributed by atoms with E-state index < -0.39 is 0 Å². The van der Waals surface area contributed by atoms with Gasteiger partial charge in [0, 0.05) is 12.2 Å². The maximum atomic E-state index is 12.1. The third-order valence-corrected chi connectivity index (χ3v) is 2.89. The molecule has 0 aliphatic heterocycles. The second kappa shape index (κ2) is 6.76. The van der Waals surface area contributed by atoms with E-state index in [-0.39, 0.29) is 19.1 Å². The summed E-state index contributed by atoms with van der Waals surface area (Å²) in [5.74, 6) is -0.149. The summed E-state index contributed by atoms with van der Waals surface area (Å²) in [6, 6.07) is 5.20. The van der Waals surface area contributed by atoms with Gasteiger partial charge < -0.3 is 21.5 Å². The summed E-state index contributed by atoms with van der Waals surface area (Å²) in [5, 5.41) is 14.7. The van der Waals surface area contributed by atoms with Gasteiger partial charge in [-0.05, 0) is 18.2 Å². The highest BCUT2D eigenvalue weighted by Crippen LogP contribution is 2.24. The number of amides is 1. The van der Waals surface area contributed by atoms with E-state index in [2.05, 4.69) is 10.6 Å². The quantitative estimate of drug-likeness (QED) is 0.442. The molecule has 0 radical (unpaired) electrons. The first-order valence-corrected chi connectivity index (χ1v) is 6.63. The smallest absolute Gasteiger partial charge is 0.266 e. The molecular weight excluding hydrogens is 270 g/mol. The van der Waals surface area contributed by atoms with E-state index in [0.717, 1.165) is 5.69 Å². The number of anilines is 3. The Morgan fingerprint density at radius 3 is 2.90 bits per heavy atom. The van der Waals surface area contributed by atoms with Crippen LogP contribution in [-0.2, 0) is 18.4 Å². The number of rotatable bonds is 6. The fourth-order valence-corrected chi connectivity index (χ4v) is 1.96. The van der Waals surface area contributed by atoms with Crippen molar-refractivity contribution < 1.29 is 14.5 Å². The number of carbonyl (C=O) groups excluding carboxylic acids is 1. The lowest BCUT2D eigenvalue weighted by molar-refractivity contribution is -0.683. The summed E-state index contributed by atoms with van der Waals surface area (Å²) < 4.78 is 3.64. The van der Waals surface area contributed by atoms with Crippen LogP contribution in [0.15, 0.2) is 36.9 Å². The number of aryl methyl sites for hydroxylation is 1. The molecule has 0 aliphatic carbocycles. The van der Waals surface area contributed by atoms with Crippen LogP contribution >= 0.6 is 0 Å². The van der Waals surface area contributed by atoms with Crippen molar-refractivity contribution >= 4 is 23.0 Å². The standard InChI is InChI=1S/C14H19N5O2/c1-18-5-6-19(10-18)9-14(21)17-13-8-11(15)2-3-12(13)16-4-7-20/h2-3,5-6,8,10,16,20H,4,7,9,15H2,1H3/p+1. The Bertz CT molecular complexity index is 624. The Morgan fingerprint density at radius 1 is 1.43 bits per heavy atom. The Labute approximate surface area is 123 Å². The molecule has 0 fully saturated rings. The average Bonchev–Trinajstić information content (AvgIpc) is 2.83. The van der Waals surface area contributed by atoms with Crippen LogP contribution in [0.3, 0.4) is 0 Å². The van der Waals surface area contributed by atoms with Crippen molar-refractivity contribution in [2.24, 2.45) is 7.05 Å². The van der Waals surface area contributed by atoms with E-state index in [4.69, 9.17) is 10.8 Å². The van der Waals surface area contributed by atoms with Gasteiger partial charge >= 0.3 is 0 Å². The van der Waals surface area contributed by atoms with Gasteiger partial charge in [-0.15, -0.1) is 0 Å². The van der Waals surface area contributed by atoms with Crippen LogP contribution in [0.1, 0.15) is 0 Å². The van der Waals surface area contributed by atoms with Gasteiger partial charge in [0.2, 0.25) is 6.33 Å². The van der Waals surface area contributed by atoms with Gasteiger partial charge in [0.1, 0.15) is 12.4 Å². The van der Waals surface area contributed by atoms with Gasteiger partial charge in [-0.25, -0.2) is 9.13 Å². The molecule has 0 atom stereocenters. The number of carbonyl (C=O) groups is 1. The van der Waals surface area contributed by atoms with Gasteiger partial charge in [-0.2, -0.15) is 0 Å². The predicted molar refractivity (Wildman–Crippen MR) is 80.7 cm³/mol. The van der Waals surface area contributed by atoms with E-state index in [9.17, 15) is 4.79 Å². The molecule has 1 heterocycles. The zero-order valence-electron chi connectivity index (χ0n) is 11.9. The summed E-state index contributed by atoms with van der Waals surface area (Å²) in [6.45, 7) is 0.632. The minimum atomic E-state index is -0.149. The molecule has 1 aromatic carbocycles. The van der Waals surface area contributed by atoms with Crippen LogP contribution in [0, 0.1) is 0 Å². The normalized spacial score (nSPS) is 10.4. The molecule has 7 nitrogen and oxygen atoms in total. The van der Waals surface area contributed by atoms with Crippen LogP contribution in [0.5, 0.6) is 0 Å². The molecule has 112 valence electrons. The fraction of sp³-hybridized carbons (Fsp3) is 0.286. The minimum absolute atomic E-state index is 0.0115. The number of nitrogens with two attached hydrogens (primary N) is 1. The molecule has 0 aliphatic rings. The van der Waals surface area contributed by atoms with Gasteiger partial charge in [-0.3, -0.25) is 4.79 Å². The lowest BCUT2D eigenvalue weighted by Gasteiger charge is -2.12. The highest BCUT2D eigenvalue weighted by Gasteiger charge is 2.11. The monoisotopic (exact) mass is 290 g/mol. The molecule has 0 unspecified atom stereocenters. The van der Waals surface area contributed by atoms with Crippen LogP contribution < -0.4 is 20.9 Å². The molecule has 0 bridgehead atoms. The Balaban J connectivity index is 2.06. The number of imidazole rings is 1. The lowest BCUT2D eigenvalue weighted by Crippen LogP contribution is -2.38. The van der Waals surface area contributed by atoms with Crippen LogP contribution in [0.4, 0.5) is 17.1 Å². The minimum Gasteiger partial charge on any atom is -0.399 e. The summed E-state index contributed by atoms with van der Waals surface area (Å²) >= 11 is 0. The number of aliphatic hydroxyl groups excluding tert-OH is 1. The average molecular weight is 290 g/mol. The first-order valence-electron chi connectivity index (χ1n) is 6.63. The summed E-state index contributed by atoms with van der Waals surface area (Å²) in [4.78, 5) is 12.1. The maximum Gasteiger partial charge on any atom is 0.266 e. The van der Waals surface area contributed by atoms with E-state index >= 15 is 0 Å². The van der Waals surface area contributed by atoms with Crippen molar-refractivity contribution in [3.05, 3.63) is 36.9 Å². The SMILES string of the molecule is Cn1cc[n+](CC(=O)Nc2cc(N)ccc2NCCO)c1. The number of benzene rings is 1. The molecular formula is C14H20N5O2+. The summed E-state index contributed by atoms with van der Waals surface area (Å²) in [6.07, 6.45) is 5.51. The highest BCUT2D eigenvalue weighted by molar-refractivity contribution is 5.94. The summed E-state index contributed by atoms with van der Waals surface area (Å²) in [5.41, 5.74) is 7.64. The first-order chi connectivity index (χ1) is 10.1. The third-order valence-electron chi connectivity index (χ3n) is 2.89. The molecule has 2 rings (SSSR count). The molecule has 21 heavy (non-hydrogen) atoms. The number of hydrogen-bond acceptors (Lipinski definition) is 4. The van der Waals surface area contributed by atoms with Crippen LogP contribution in [0.25, 0.3) is 0 Å². The van der Waals surface area contributed by atoms with Crippen molar-refractivity contribution in [2.45, 2.75) is 6.54 Å². The topological polar surface area (TPSA) is 96.2 Å². The predicted octanol–water partition coefficient (Wildman–Crippen LogP) is -0.0623. The van der Waals surface area contributed by atoms with E-state index in [0.29, 0.717) is 17.9 Å². The third kappa shape index (κ3) is 4.22. The molecule has 1 aromatic heterocycles. The summed E-state index contributed by atoms with van der Waals surface area (Å²) in [7, 11) is 1.89. The van der Waals surface area contributed by atoms with Crippen molar-refractivity contribution in [3.8, 4) is 0 Å². The van der Waals surface area contributed by atoms with Crippen LogP contribution in [0.2, 0.25) is 0 Å². The lowest BCUT2D eigenvalue weighted by atomic mass is 10.2. The molecule has 7 heteroatoms. The van der Waals surface area contributed by atoms with Crippen molar-refractivity contribution in [1.82, 2.24) is 4.57 Å². The molecule has 0 saturated carbocycles. The zero-order chi connectivity index (χ0) is 15.2. The Hall–Kier alpha value is -2.54. The number of hydrogen-bond donors (Lipinski definition) is 4. The van der Waals surface area contributed by atoms with Gasteiger partial charge in [0.25, 0.3) is 5.91 Å². The molecule has 0 spiro atoms. The molecule has 5 N–H and O–H groups in total. The maximum absolute atomic E-state index is 12.1. The van der Waals surface area contributed by atoms with E-state index in [1.807, 2.05) is 30.3 Å². The Kier molecular flexibility index (Phi) is 4.78. The first kappa shape index (κ1) is 14.9. The number of nitrogens with one attached hydrogen (secondary N) is 2. The van der Waals surface area contributed by atoms with E-state index in [1.54, 1.807) is 22.8 Å². The van der Waals surface area contributed by atoms with Crippen LogP contribution in [-0.4, -0.2) is 28.7 Å². The second-order valence-electron chi connectivity index (χ2n) is 4.75. The van der Waals surface area contributed by atoms with E-state index in [1.165, 1.54) is 0 Å². The number of nitrogen functional groups attached to an aromatic ring is 1. The fourth-order valence-electron chi connectivity index (χ4n) is 1.96. The Morgan fingerprint density at radius 2 is 2.24 bits per heavy atom. The van der Waals surface area contributed by atoms with Crippen molar-refractivity contribution in [1.29, 1.82) is 0 Å². The number of aliphatic hydroxyl groups is 1. The largest absolute Gasteiger partial charge is 0.399 e. The molecule has 1 amide bonds. The van der Waals surface area contributed by atoms with Crippen molar-refractivity contribution in [3.63, 3.8) is 0 Å². The highest BCUT2D eigenvalue weighted by atomic mass is 16.3. The molecule has 2 aromatic rings. The zero-order valence-corrected chi connectivity index (χ0v) is 11.9.